The number of thioether (sulfide) groups is 1. The van der Waals surface area contributed by atoms with E-state index >= 15 is 0 Å². The Morgan fingerprint density at radius 2 is 2.35 bits per heavy atom. The van der Waals surface area contributed by atoms with Gasteiger partial charge in [0.15, 0.2) is 0 Å². The van der Waals surface area contributed by atoms with Gasteiger partial charge in [-0.25, -0.2) is 0 Å². The summed E-state index contributed by atoms with van der Waals surface area (Å²) < 4.78 is 0. The van der Waals surface area contributed by atoms with Crippen LogP contribution in [-0.4, -0.2) is 24.1 Å². The van der Waals surface area contributed by atoms with Gasteiger partial charge >= 0.3 is 0 Å². The van der Waals surface area contributed by atoms with Crippen LogP contribution in [0.4, 0.5) is 11.4 Å². The maximum Gasteiger partial charge on any atom is 0.234 e. The molecular formula is C11H13N3O2S. The second-order valence-electron chi connectivity index (χ2n) is 3.63. The molecule has 5 nitrogen and oxygen atoms in total. The van der Waals surface area contributed by atoms with E-state index in [1.807, 2.05) is 12.1 Å². The number of fused-ring (bicyclic) bond motifs is 1. The van der Waals surface area contributed by atoms with Gasteiger partial charge in [-0.15, -0.1) is 11.8 Å². The first-order chi connectivity index (χ1) is 8.19. The minimum Gasteiger partial charge on any atom is -0.330 e. The molecule has 1 heterocycles. The summed E-state index contributed by atoms with van der Waals surface area (Å²) in [6.07, 6.45) is 0.290. The Hall–Kier alpha value is -1.53. The number of amides is 2. The van der Waals surface area contributed by atoms with Crippen molar-refractivity contribution in [2.75, 3.05) is 22.9 Å². The van der Waals surface area contributed by atoms with Crippen molar-refractivity contribution in [1.82, 2.24) is 0 Å². The number of rotatable bonds is 3. The molecule has 2 rings (SSSR count). The molecule has 0 bridgehead atoms. The van der Waals surface area contributed by atoms with Crippen LogP contribution >= 0.6 is 11.8 Å². The molecule has 1 aromatic carbocycles. The van der Waals surface area contributed by atoms with E-state index in [0.29, 0.717) is 18.0 Å². The minimum absolute atomic E-state index is 0.0204. The van der Waals surface area contributed by atoms with Gasteiger partial charge in [-0.1, -0.05) is 0 Å². The van der Waals surface area contributed by atoms with Crippen LogP contribution in [0, 0.1) is 0 Å². The molecular weight excluding hydrogens is 238 g/mol. The largest absolute Gasteiger partial charge is 0.330 e. The van der Waals surface area contributed by atoms with Crippen LogP contribution in [0.5, 0.6) is 0 Å². The molecule has 1 aromatic rings. The van der Waals surface area contributed by atoms with E-state index in [1.165, 1.54) is 11.8 Å². The van der Waals surface area contributed by atoms with Crippen molar-refractivity contribution in [2.24, 2.45) is 5.73 Å². The lowest BCUT2D eigenvalue weighted by Gasteiger charge is -2.17. The number of hydrogen-bond donors (Lipinski definition) is 3. The fourth-order valence-corrected chi connectivity index (χ4v) is 2.30. The number of carbonyl (C=O) groups is 2. The Labute approximate surface area is 103 Å². The van der Waals surface area contributed by atoms with Crippen molar-refractivity contribution in [3.8, 4) is 0 Å². The van der Waals surface area contributed by atoms with Crippen LogP contribution in [0.3, 0.4) is 0 Å². The Balaban J connectivity index is 2.13. The highest BCUT2D eigenvalue weighted by Gasteiger charge is 2.15. The molecule has 0 unspecified atom stereocenters. The smallest absolute Gasteiger partial charge is 0.234 e. The van der Waals surface area contributed by atoms with Crippen LogP contribution < -0.4 is 16.4 Å². The third-order valence-corrected chi connectivity index (χ3v) is 3.34. The summed E-state index contributed by atoms with van der Waals surface area (Å²) in [6, 6.07) is 5.46. The molecule has 1 aliphatic heterocycles. The third-order valence-electron chi connectivity index (χ3n) is 2.27. The van der Waals surface area contributed by atoms with E-state index in [4.69, 9.17) is 5.73 Å². The fourth-order valence-electron chi connectivity index (χ4n) is 1.52. The molecule has 0 spiro atoms. The highest BCUT2D eigenvalue weighted by Crippen LogP contribution is 2.33. The van der Waals surface area contributed by atoms with E-state index in [9.17, 15) is 9.59 Å². The summed E-state index contributed by atoms with van der Waals surface area (Å²) in [6.45, 7) is 0.323. The summed E-state index contributed by atoms with van der Waals surface area (Å²) in [4.78, 5) is 23.6. The number of carbonyl (C=O) groups excluding carboxylic acids is 2. The van der Waals surface area contributed by atoms with Crippen LogP contribution in [0.2, 0.25) is 0 Å². The second kappa shape index (κ2) is 5.20. The van der Waals surface area contributed by atoms with E-state index in [0.717, 1.165) is 10.6 Å². The molecule has 17 heavy (non-hydrogen) atoms. The molecule has 4 N–H and O–H groups in total. The van der Waals surface area contributed by atoms with Gasteiger partial charge in [-0.3, -0.25) is 9.59 Å². The first kappa shape index (κ1) is 11.9. The monoisotopic (exact) mass is 251 g/mol. The van der Waals surface area contributed by atoms with Crippen molar-refractivity contribution in [1.29, 1.82) is 0 Å². The van der Waals surface area contributed by atoms with Crippen LogP contribution in [0.1, 0.15) is 6.42 Å². The SMILES string of the molecule is NCCC(=O)Nc1ccc2c(c1)NC(=O)CS2. The van der Waals surface area contributed by atoms with E-state index in [1.54, 1.807) is 6.07 Å². The van der Waals surface area contributed by atoms with Gasteiger partial charge in [0.2, 0.25) is 11.8 Å². The zero-order valence-corrected chi connectivity index (χ0v) is 9.97. The molecule has 1 aliphatic rings. The second-order valence-corrected chi connectivity index (χ2v) is 4.65. The van der Waals surface area contributed by atoms with Gasteiger partial charge in [0.1, 0.15) is 0 Å². The van der Waals surface area contributed by atoms with Gasteiger partial charge in [0, 0.05) is 23.5 Å². The van der Waals surface area contributed by atoms with Crippen molar-refractivity contribution < 1.29 is 9.59 Å². The third kappa shape index (κ3) is 2.98. The standard InChI is InChI=1S/C11H13N3O2S/c12-4-3-10(15)13-7-1-2-9-8(5-7)14-11(16)6-17-9/h1-2,5H,3-4,6,12H2,(H,13,15)(H,14,16). The number of nitrogens with one attached hydrogen (secondary N) is 2. The Bertz CT molecular complexity index is 462. The summed E-state index contributed by atoms with van der Waals surface area (Å²) in [5, 5.41) is 5.50. The highest BCUT2D eigenvalue weighted by molar-refractivity contribution is 8.00. The zero-order valence-electron chi connectivity index (χ0n) is 9.16. The molecule has 0 atom stereocenters. The van der Waals surface area contributed by atoms with Crippen molar-refractivity contribution >= 4 is 35.0 Å². The summed E-state index contributed by atoms with van der Waals surface area (Å²) in [5.41, 5.74) is 6.71. The maximum absolute atomic E-state index is 11.4. The van der Waals surface area contributed by atoms with Gasteiger partial charge < -0.3 is 16.4 Å². The van der Waals surface area contributed by atoms with Gasteiger partial charge in [0.25, 0.3) is 0 Å². The lowest BCUT2D eigenvalue weighted by molar-refractivity contribution is -0.116. The van der Waals surface area contributed by atoms with E-state index in [-0.39, 0.29) is 18.2 Å². The fraction of sp³-hybridized carbons (Fsp3) is 0.273. The summed E-state index contributed by atoms with van der Waals surface area (Å²) >= 11 is 1.49. The predicted octanol–water partition coefficient (Wildman–Crippen LogP) is 1.02. The van der Waals surface area contributed by atoms with Crippen molar-refractivity contribution in [3.05, 3.63) is 18.2 Å². The molecule has 0 aromatic heterocycles. The quantitative estimate of drug-likeness (QED) is 0.748. The molecule has 0 fully saturated rings. The number of benzene rings is 1. The molecule has 90 valence electrons. The molecule has 0 aliphatic carbocycles. The first-order valence-corrected chi connectivity index (χ1v) is 6.24. The Kier molecular flexibility index (Phi) is 3.65. The number of anilines is 2. The molecule has 0 saturated carbocycles. The van der Waals surface area contributed by atoms with Crippen LogP contribution in [0.25, 0.3) is 0 Å². The lowest BCUT2D eigenvalue weighted by atomic mass is 10.2. The highest BCUT2D eigenvalue weighted by atomic mass is 32.2. The van der Waals surface area contributed by atoms with E-state index < -0.39 is 0 Å². The number of nitrogens with two attached hydrogens (primary N) is 1. The average molecular weight is 251 g/mol. The average Bonchev–Trinajstić information content (AvgIpc) is 2.28. The lowest BCUT2D eigenvalue weighted by Crippen LogP contribution is -2.19. The topological polar surface area (TPSA) is 84.2 Å². The zero-order chi connectivity index (χ0) is 12.3. The molecule has 2 amide bonds. The van der Waals surface area contributed by atoms with Crippen LogP contribution in [0.15, 0.2) is 23.1 Å². The maximum atomic E-state index is 11.4. The molecule has 0 radical (unpaired) electrons. The summed E-state index contributed by atoms with van der Waals surface area (Å²) in [7, 11) is 0. The number of hydrogen-bond acceptors (Lipinski definition) is 4. The van der Waals surface area contributed by atoms with Crippen molar-refractivity contribution in [3.63, 3.8) is 0 Å². The van der Waals surface area contributed by atoms with E-state index in [2.05, 4.69) is 10.6 Å². The Morgan fingerprint density at radius 1 is 1.53 bits per heavy atom. The van der Waals surface area contributed by atoms with Gasteiger partial charge in [0.05, 0.1) is 11.4 Å². The van der Waals surface area contributed by atoms with Gasteiger partial charge in [-0.2, -0.15) is 0 Å². The minimum atomic E-state index is -0.123. The van der Waals surface area contributed by atoms with Crippen LogP contribution in [-0.2, 0) is 9.59 Å². The van der Waals surface area contributed by atoms with Gasteiger partial charge in [-0.05, 0) is 18.2 Å². The predicted molar refractivity (Wildman–Crippen MR) is 68.1 cm³/mol. The molecule has 6 heteroatoms. The summed E-state index contributed by atoms with van der Waals surface area (Å²) in [5.74, 6) is 0.293. The van der Waals surface area contributed by atoms with Crippen molar-refractivity contribution in [2.45, 2.75) is 11.3 Å². The molecule has 0 saturated heterocycles. The normalized spacial score (nSPS) is 13.8. The Morgan fingerprint density at radius 3 is 3.12 bits per heavy atom. The first-order valence-electron chi connectivity index (χ1n) is 5.25.